The third-order valence-corrected chi connectivity index (χ3v) is 3.15. The molecule has 7 heteroatoms. The first-order valence-corrected chi connectivity index (χ1v) is 7.17. The summed E-state index contributed by atoms with van der Waals surface area (Å²) in [6, 6.07) is 6.79. The molecule has 0 spiro atoms. The molecule has 0 saturated carbocycles. The second kappa shape index (κ2) is 6.84. The van der Waals surface area contributed by atoms with E-state index in [1.807, 2.05) is 6.92 Å². The highest BCUT2D eigenvalue weighted by atomic mass is 16.2. The quantitative estimate of drug-likeness (QED) is 0.823. The van der Waals surface area contributed by atoms with Crippen molar-refractivity contribution in [3.05, 3.63) is 40.3 Å². The van der Waals surface area contributed by atoms with Crippen LogP contribution in [0.25, 0.3) is 10.8 Å². The Bertz CT molecular complexity index is 767. The first-order valence-electron chi connectivity index (χ1n) is 7.17. The van der Waals surface area contributed by atoms with Crippen LogP contribution < -0.4 is 16.4 Å². The summed E-state index contributed by atoms with van der Waals surface area (Å²) >= 11 is 0. The van der Waals surface area contributed by atoms with Crippen LogP contribution in [0.5, 0.6) is 0 Å². The largest absolute Gasteiger partial charge is 0.290 e. The van der Waals surface area contributed by atoms with Gasteiger partial charge in [0.05, 0.1) is 5.39 Å². The van der Waals surface area contributed by atoms with Crippen LogP contribution in [0.15, 0.2) is 29.1 Å². The minimum absolute atomic E-state index is 0.111. The van der Waals surface area contributed by atoms with E-state index in [2.05, 4.69) is 16.0 Å². The molecule has 2 rings (SSSR count). The van der Waals surface area contributed by atoms with E-state index in [4.69, 9.17) is 0 Å². The SMILES string of the molecule is CCCn1nc(C(=O)NNC(=O)CC)c2ccccc2c1=O. The Morgan fingerprint density at radius 1 is 1.14 bits per heavy atom. The Balaban J connectivity index is 2.47. The van der Waals surface area contributed by atoms with Crippen LogP contribution in [-0.2, 0) is 11.3 Å². The maximum Gasteiger partial charge on any atom is 0.290 e. The number of carbonyl (C=O) groups is 2. The molecule has 1 aromatic carbocycles. The molecule has 0 aliphatic heterocycles. The molecular weight excluding hydrogens is 284 g/mol. The molecule has 0 unspecified atom stereocenters. The van der Waals surface area contributed by atoms with Gasteiger partial charge in [0.1, 0.15) is 0 Å². The lowest BCUT2D eigenvalue weighted by atomic mass is 10.1. The molecule has 2 amide bonds. The summed E-state index contributed by atoms with van der Waals surface area (Å²) in [5.74, 6) is -0.859. The zero-order chi connectivity index (χ0) is 16.1. The number of benzene rings is 1. The summed E-state index contributed by atoms with van der Waals surface area (Å²) < 4.78 is 1.28. The molecule has 2 aromatic rings. The van der Waals surface area contributed by atoms with Crippen LogP contribution >= 0.6 is 0 Å². The zero-order valence-electron chi connectivity index (χ0n) is 12.5. The molecule has 0 radical (unpaired) electrons. The van der Waals surface area contributed by atoms with Gasteiger partial charge in [0.25, 0.3) is 11.5 Å². The van der Waals surface area contributed by atoms with Gasteiger partial charge in [-0.2, -0.15) is 5.10 Å². The number of rotatable bonds is 4. The number of aryl methyl sites for hydroxylation is 1. The molecule has 7 nitrogen and oxygen atoms in total. The lowest BCUT2D eigenvalue weighted by Gasteiger charge is -2.11. The van der Waals surface area contributed by atoms with Gasteiger partial charge in [-0.3, -0.25) is 25.2 Å². The Hall–Kier alpha value is -2.70. The van der Waals surface area contributed by atoms with E-state index in [9.17, 15) is 14.4 Å². The van der Waals surface area contributed by atoms with Gasteiger partial charge < -0.3 is 0 Å². The van der Waals surface area contributed by atoms with E-state index in [0.717, 1.165) is 6.42 Å². The molecule has 1 aromatic heterocycles. The summed E-state index contributed by atoms with van der Waals surface area (Å²) in [4.78, 5) is 35.8. The van der Waals surface area contributed by atoms with Gasteiger partial charge in [-0.1, -0.05) is 32.0 Å². The van der Waals surface area contributed by atoms with Crippen LogP contribution in [0.3, 0.4) is 0 Å². The third kappa shape index (κ3) is 3.13. The van der Waals surface area contributed by atoms with E-state index in [0.29, 0.717) is 17.3 Å². The van der Waals surface area contributed by atoms with Crippen LogP contribution in [-0.4, -0.2) is 21.6 Å². The van der Waals surface area contributed by atoms with Gasteiger partial charge in [-0.15, -0.1) is 0 Å². The second-order valence-electron chi connectivity index (χ2n) is 4.78. The predicted octanol–water partition coefficient (Wildman–Crippen LogP) is 0.977. The van der Waals surface area contributed by atoms with Crippen molar-refractivity contribution in [2.24, 2.45) is 0 Å². The molecule has 116 valence electrons. The molecule has 0 aliphatic rings. The number of hydrazine groups is 1. The van der Waals surface area contributed by atoms with Gasteiger partial charge in [0.15, 0.2) is 5.69 Å². The monoisotopic (exact) mass is 302 g/mol. The first-order chi connectivity index (χ1) is 10.6. The molecular formula is C15H18N4O3. The number of nitrogens with zero attached hydrogens (tertiary/aromatic N) is 2. The number of aromatic nitrogens is 2. The van der Waals surface area contributed by atoms with Gasteiger partial charge >= 0.3 is 0 Å². The maximum atomic E-state index is 12.3. The fourth-order valence-electron chi connectivity index (χ4n) is 2.04. The van der Waals surface area contributed by atoms with E-state index in [1.54, 1.807) is 31.2 Å². The fourth-order valence-corrected chi connectivity index (χ4v) is 2.04. The van der Waals surface area contributed by atoms with Gasteiger partial charge in [0.2, 0.25) is 5.91 Å². The van der Waals surface area contributed by atoms with Crippen molar-refractivity contribution < 1.29 is 9.59 Å². The molecule has 2 N–H and O–H groups in total. The minimum Gasteiger partial charge on any atom is -0.273 e. The Morgan fingerprint density at radius 3 is 2.45 bits per heavy atom. The van der Waals surface area contributed by atoms with Crippen LogP contribution in [0.2, 0.25) is 0 Å². The lowest BCUT2D eigenvalue weighted by Crippen LogP contribution is -2.42. The van der Waals surface area contributed by atoms with E-state index in [1.165, 1.54) is 4.68 Å². The van der Waals surface area contributed by atoms with E-state index < -0.39 is 5.91 Å². The number of fused-ring (bicyclic) bond motifs is 1. The number of amides is 2. The average Bonchev–Trinajstić information content (AvgIpc) is 2.55. The average molecular weight is 302 g/mol. The van der Waals surface area contributed by atoms with Crippen molar-refractivity contribution >= 4 is 22.6 Å². The minimum atomic E-state index is -0.553. The van der Waals surface area contributed by atoms with Crippen molar-refractivity contribution in [1.29, 1.82) is 0 Å². The lowest BCUT2D eigenvalue weighted by molar-refractivity contribution is -0.121. The molecule has 0 bridgehead atoms. The molecule has 0 aliphatic carbocycles. The normalized spacial score (nSPS) is 10.5. The topological polar surface area (TPSA) is 93.1 Å². The van der Waals surface area contributed by atoms with Gasteiger partial charge in [-0.05, 0) is 12.5 Å². The number of carbonyl (C=O) groups excluding carboxylic acids is 2. The summed E-state index contributed by atoms with van der Waals surface area (Å²) in [6.45, 7) is 4.02. The smallest absolute Gasteiger partial charge is 0.273 e. The summed E-state index contributed by atoms with van der Waals surface area (Å²) in [7, 11) is 0. The standard InChI is InChI=1S/C15H18N4O3/c1-3-9-19-15(22)11-8-6-5-7-10(11)13(18-19)14(21)17-16-12(20)4-2/h5-8H,3-4,9H2,1-2H3,(H,16,20)(H,17,21). The molecule has 0 atom stereocenters. The Labute approximate surface area is 127 Å². The summed E-state index contributed by atoms with van der Waals surface area (Å²) in [5, 5.41) is 5.02. The van der Waals surface area contributed by atoms with Crippen LogP contribution in [0.4, 0.5) is 0 Å². The third-order valence-electron chi connectivity index (χ3n) is 3.15. The van der Waals surface area contributed by atoms with Gasteiger partial charge in [-0.25, -0.2) is 4.68 Å². The zero-order valence-corrected chi connectivity index (χ0v) is 12.5. The number of nitrogens with one attached hydrogen (secondary N) is 2. The molecule has 0 fully saturated rings. The highest BCUT2D eigenvalue weighted by Crippen LogP contribution is 2.13. The summed E-state index contributed by atoms with van der Waals surface area (Å²) in [5.41, 5.74) is 4.49. The van der Waals surface area contributed by atoms with Crippen molar-refractivity contribution in [3.8, 4) is 0 Å². The Morgan fingerprint density at radius 2 is 1.82 bits per heavy atom. The molecule has 0 saturated heterocycles. The van der Waals surface area contributed by atoms with Crippen molar-refractivity contribution in [2.45, 2.75) is 33.2 Å². The highest BCUT2D eigenvalue weighted by molar-refractivity contribution is 6.05. The van der Waals surface area contributed by atoms with E-state index >= 15 is 0 Å². The van der Waals surface area contributed by atoms with Crippen molar-refractivity contribution in [3.63, 3.8) is 0 Å². The van der Waals surface area contributed by atoms with Crippen molar-refractivity contribution in [2.75, 3.05) is 0 Å². The van der Waals surface area contributed by atoms with E-state index in [-0.39, 0.29) is 23.6 Å². The summed E-state index contributed by atoms with van der Waals surface area (Å²) in [6.07, 6.45) is 0.975. The first kappa shape index (κ1) is 15.7. The second-order valence-corrected chi connectivity index (χ2v) is 4.78. The maximum absolute atomic E-state index is 12.3. The van der Waals surface area contributed by atoms with Crippen LogP contribution in [0.1, 0.15) is 37.2 Å². The van der Waals surface area contributed by atoms with Crippen molar-refractivity contribution in [1.82, 2.24) is 20.6 Å². The predicted molar refractivity (Wildman–Crippen MR) is 82.2 cm³/mol. The number of hydrogen-bond donors (Lipinski definition) is 2. The van der Waals surface area contributed by atoms with Gasteiger partial charge in [0, 0.05) is 18.4 Å². The molecule has 22 heavy (non-hydrogen) atoms. The molecule has 1 heterocycles. The highest BCUT2D eigenvalue weighted by Gasteiger charge is 2.16. The van der Waals surface area contributed by atoms with Crippen LogP contribution in [0, 0.1) is 0 Å². The fraction of sp³-hybridized carbons (Fsp3) is 0.333. The number of hydrogen-bond acceptors (Lipinski definition) is 4. The Kier molecular flexibility index (Phi) is 4.88.